The van der Waals surface area contributed by atoms with E-state index < -0.39 is 28.1 Å². The van der Waals surface area contributed by atoms with Crippen LogP contribution >= 0.6 is 23.6 Å². The molecule has 0 aliphatic carbocycles. The van der Waals surface area contributed by atoms with Crippen LogP contribution in [0.1, 0.15) is 26.7 Å². The fraction of sp³-hybridized carbons (Fsp3) is 1.00. The molecule has 0 spiro atoms. The first-order chi connectivity index (χ1) is 7.60. The van der Waals surface area contributed by atoms with E-state index in [4.69, 9.17) is 33.8 Å². The molecule has 0 saturated heterocycles. The van der Waals surface area contributed by atoms with E-state index in [1.165, 1.54) is 0 Å². The Morgan fingerprint density at radius 2 is 1.82 bits per heavy atom. The molecule has 0 radical (unpaired) electrons. The predicted octanol–water partition coefficient (Wildman–Crippen LogP) is 0.923. The summed E-state index contributed by atoms with van der Waals surface area (Å²) >= 11 is 11.2. The van der Waals surface area contributed by atoms with Gasteiger partial charge >= 0.3 is 0 Å². The van der Waals surface area contributed by atoms with E-state index in [2.05, 4.69) is 0 Å². The van der Waals surface area contributed by atoms with Gasteiger partial charge in [0.25, 0.3) is 0 Å². The summed E-state index contributed by atoms with van der Waals surface area (Å²) < 4.78 is 24.2. The minimum Gasteiger partial charge on any atom is -0.394 e. The van der Waals surface area contributed by atoms with Crippen LogP contribution in [0.15, 0.2) is 0 Å². The molecule has 0 aliphatic heterocycles. The average molecular weight is 308 g/mol. The first kappa shape index (κ1) is 17.4. The number of aliphatic hydroxyl groups is 2. The number of nitrogens with zero attached hydrogens (tertiary/aromatic N) is 1. The molecule has 0 aromatic heterocycles. The lowest BCUT2D eigenvalue weighted by atomic mass is 10.0. The van der Waals surface area contributed by atoms with Gasteiger partial charge in [0, 0.05) is 5.54 Å². The van der Waals surface area contributed by atoms with Gasteiger partial charge in [-0.3, -0.25) is 0 Å². The van der Waals surface area contributed by atoms with Crippen molar-refractivity contribution < 1.29 is 18.6 Å². The summed E-state index contributed by atoms with van der Waals surface area (Å²) in [5.41, 5.74) is -0.633. The van der Waals surface area contributed by atoms with Crippen molar-refractivity contribution >= 4 is 33.4 Å². The van der Waals surface area contributed by atoms with Crippen LogP contribution in [0.5, 0.6) is 0 Å². The minimum absolute atomic E-state index is 0.0325. The minimum atomic E-state index is -3.27. The van der Waals surface area contributed by atoms with E-state index in [-0.39, 0.29) is 24.3 Å². The van der Waals surface area contributed by atoms with Crippen molar-refractivity contribution in [3.63, 3.8) is 0 Å². The smallest absolute Gasteiger partial charge is 0.150 e. The quantitative estimate of drug-likeness (QED) is 0.652. The molecule has 0 saturated carbocycles. The molecule has 1 unspecified atom stereocenters. The summed E-state index contributed by atoms with van der Waals surface area (Å²) in [5, 5.41) is 17.6. The molecule has 0 aliphatic rings. The van der Waals surface area contributed by atoms with Crippen LogP contribution < -0.4 is 0 Å². The zero-order chi connectivity index (χ0) is 13.7. The lowest BCUT2D eigenvalue weighted by Gasteiger charge is -2.27. The second-order valence-corrected chi connectivity index (χ2v) is 7.73. The normalized spacial score (nSPS) is 15.2. The SMILES string of the molecule is CC(C)(CCS(=O)(=O)CCC(O)CO)N(Cl)Cl. The third-order valence-corrected chi connectivity index (χ3v) is 5.05. The van der Waals surface area contributed by atoms with Crippen LogP contribution in [0.25, 0.3) is 0 Å². The number of hydrogen-bond donors (Lipinski definition) is 2. The van der Waals surface area contributed by atoms with Gasteiger partial charge in [0.15, 0.2) is 0 Å². The highest BCUT2D eigenvalue weighted by atomic mass is 35.5. The van der Waals surface area contributed by atoms with Crippen molar-refractivity contribution in [2.24, 2.45) is 0 Å². The van der Waals surface area contributed by atoms with Gasteiger partial charge in [0.2, 0.25) is 0 Å². The fourth-order valence-electron chi connectivity index (χ4n) is 0.999. The van der Waals surface area contributed by atoms with E-state index in [0.29, 0.717) is 0 Å². The first-order valence-corrected chi connectivity index (χ1v) is 7.71. The maximum atomic E-state index is 11.6. The number of sulfone groups is 1. The maximum absolute atomic E-state index is 11.6. The van der Waals surface area contributed by atoms with Crippen LogP contribution in [0.2, 0.25) is 0 Å². The molecule has 8 heteroatoms. The van der Waals surface area contributed by atoms with Crippen LogP contribution in [-0.2, 0) is 9.84 Å². The molecule has 0 rings (SSSR count). The molecule has 0 aromatic carbocycles. The van der Waals surface area contributed by atoms with Gasteiger partial charge in [-0.05, 0) is 50.2 Å². The summed E-state index contributed by atoms with van der Waals surface area (Å²) in [6.07, 6.45) is -0.669. The van der Waals surface area contributed by atoms with Gasteiger partial charge in [0.05, 0.1) is 24.2 Å². The fourth-order valence-corrected chi connectivity index (χ4v) is 2.81. The Balaban J connectivity index is 4.20. The van der Waals surface area contributed by atoms with Crippen molar-refractivity contribution in [2.45, 2.75) is 38.3 Å². The van der Waals surface area contributed by atoms with Crippen molar-refractivity contribution in [1.82, 2.24) is 3.94 Å². The summed E-state index contributed by atoms with van der Waals surface area (Å²) in [4.78, 5) is 0. The van der Waals surface area contributed by atoms with Crippen LogP contribution in [-0.4, -0.2) is 52.3 Å². The van der Waals surface area contributed by atoms with E-state index in [0.717, 1.165) is 3.94 Å². The Labute approximate surface area is 112 Å². The molecule has 5 nitrogen and oxygen atoms in total. The van der Waals surface area contributed by atoms with E-state index in [1.54, 1.807) is 13.8 Å². The van der Waals surface area contributed by atoms with Gasteiger partial charge in [-0.1, -0.05) is 0 Å². The van der Waals surface area contributed by atoms with Crippen molar-refractivity contribution in [1.29, 1.82) is 0 Å². The Morgan fingerprint density at radius 1 is 1.29 bits per heavy atom. The van der Waals surface area contributed by atoms with Gasteiger partial charge in [-0.25, -0.2) is 8.42 Å². The second-order valence-electron chi connectivity index (χ2n) is 4.57. The van der Waals surface area contributed by atoms with Crippen LogP contribution in [0, 0.1) is 0 Å². The molecule has 0 fully saturated rings. The molecular weight excluding hydrogens is 289 g/mol. The molecule has 104 valence electrons. The Hall–Kier alpha value is 0.410. The summed E-state index contributed by atoms with van der Waals surface area (Å²) in [7, 11) is -3.27. The molecule has 0 amide bonds. The van der Waals surface area contributed by atoms with Gasteiger partial charge in [-0.2, -0.15) is 0 Å². The Kier molecular flexibility index (Phi) is 7.28. The number of rotatable bonds is 8. The third-order valence-electron chi connectivity index (χ3n) is 2.46. The maximum Gasteiger partial charge on any atom is 0.150 e. The number of aliphatic hydroxyl groups excluding tert-OH is 2. The monoisotopic (exact) mass is 307 g/mol. The highest BCUT2D eigenvalue weighted by Gasteiger charge is 2.27. The molecule has 17 heavy (non-hydrogen) atoms. The predicted molar refractivity (Wildman–Crippen MR) is 68.6 cm³/mol. The average Bonchev–Trinajstić information content (AvgIpc) is 2.23. The zero-order valence-corrected chi connectivity index (χ0v) is 12.3. The molecule has 1 atom stereocenters. The number of halogens is 2. The highest BCUT2D eigenvalue weighted by molar-refractivity contribution is 7.91. The van der Waals surface area contributed by atoms with Gasteiger partial charge in [-0.15, -0.1) is 3.94 Å². The van der Waals surface area contributed by atoms with E-state index in [9.17, 15) is 8.42 Å². The number of hydrogen-bond acceptors (Lipinski definition) is 5. The second kappa shape index (κ2) is 7.11. The van der Waals surface area contributed by atoms with Crippen LogP contribution in [0.3, 0.4) is 0 Å². The van der Waals surface area contributed by atoms with Crippen molar-refractivity contribution in [2.75, 3.05) is 18.1 Å². The lowest BCUT2D eigenvalue weighted by molar-refractivity contribution is 0.0928. The topological polar surface area (TPSA) is 77.8 Å². The standard InChI is InChI=1S/C9H19Cl2NO4S/c1-9(2,12(10)11)4-6-17(15,16)5-3-8(14)7-13/h8,13-14H,3-7H2,1-2H3. The third kappa shape index (κ3) is 7.43. The zero-order valence-electron chi connectivity index (χ0n) is 9.94. The molecule has 0 bridgehead atoms. The largest absolute Gasteiger partial charge is 0.394 e. The van der Waals surface area contributed by atoms with Gasteiger partial charge < -0.3 is 10.2 Å². The summed E-state index contributed by atoms with van der Waals surface area (Å²) in [5.74, 6) is -0.219. The van der Waals surface area contributed by atoms with Gasteiger partial charge in [0.1, 0.15) is 9.84 Å². The lowest BCUT2D eigenvalue weighted by Crippen LogP contribution is -2.34. The Morgan fingerprint density at radius 3 is 2.24 bits per heavy atom. The molecule has 2 N–H and O–H groups in total. The van der Waals surface area contributed by atoms with Crippen LogP contribution in [0.4, 0.5) is 0 Å². The molecular formula is C9H19Cl2NO4S. The van der Waals surface area contributed by atoms with E-state index >= 15 is 0 Å². The van der Waals surface area contributed by atoms with E-state index in [1.807, 2.05) is 0 Å². The highest BCUT2D eigenvalue weighted by Crippen LogP contribution is 2.24. The first-order valence-electron chi connectivity index (χ1n) is 5.22. The molecule has 0 aromatic rings. The molecule has 0 heterocycles. The van der Waals surface area contributed by atoms with Crippen molar-refractivity contribution in [3.05, 3.63) is 0 Å². The Bertz CT molecular complexity index is 319. The summed E-state index contributed by atoms with van der Waals surface area (Å²) in [6.45, 7) is 3.02. The van der Waals surface area contributed by atoms with Crippen molar-refractivity contribution in [3.8, 4) is 0 Å². The summed E-state index contributed by atoms with van der Waals surface area (Å²) in [6, 6.07) is 0.